The van der Waals surface area contributed by atoms with E-state index in [-0.39, 0.29) is 23.0 Å². The van der Waals surface area contributed by atoms with E-state index < -0.39 is 17.2 Å². The number of fused-ring (bicyclic) bond motifs is 1. The first-order chi connectivity index (χ1) is 13.9. The molecule has 2 aliphatic rings. The van der Waals surface area contributed by atoms with Crippen LogP contribution in [0.1, 0.15) is 29.2 Å². The zero-order valence-electron chi connectivity index (χ0n) is 15.6. The van der Waals surface area contributed by atoms with E-state index in [1.807, 2.05) is 4.90 Å². The number of nitrogens with one attached hydrogen (secondary N) is 1. The number of guanidine groups is 1. The van der Waals surface area contributed by atoms with Gasteiger partial charge < -0.3 is 25.2 Å². The fourth-order valence-corrected chi connectivity index (χ4v) is 3.72. The summed E-state index contributed by atoms with van der Waals surface area (Å²) in [4.78, 5) is 31.4. The molecule has 1 saturated carbocycles. The quantitative estimate of drug-likeness (QED) is 0.525. The summed E-state index contributed by atoms with van der Waals surface area (Å²) >= 11 is 0. The molecule has 4 rings (SSSR count). The summed E-state index contributed by atoms with van der Waals surface area (Å²) in [5.74, 6) is -1.81. The molecule has 0 bridgehead atoms. The molecule has 9 nitrogen and oxygen atoms in total. The van der Waals surface area contributed by atoms with Crippen molar-refractivity contribution in [3.8, 4) is 0 Å². The van der Waals surface area contributed by atoms with Crippen LogP contribution >= 0.6 is 0 Å². The number of hydrogen-bond donors (Lipinski definition) is 3. The van der Waals surface area contributed by atoms with Crippen molar-refractivity contribution in [2.45, 2.75) is 18.9 Å². The second-order valence-electron chi connectivity index (χ2n) is 7.21. The highest BCUT2D eigenvalue weighted by atomic mass is 19.1. The Morgan fingerprint density at radius 1 is 1.28 bits per heavy atom. The summed E-state index contributed by atoms with van der Waals surface area (Å²) in [5.41, 5.74) is 5.12. The van der Waals surface area contributed by atoms with Crippen LogP contribution in [-0.2, 0) is 0 Å². The van der Waals surface area contributed by atoms with E-state index >= 15 is 0 Å². The Morgan fingerprint density at radius 2 is 1.97 bits per heavy atom. The zero-order chi connectivity index (χ0) is 20.7. The van der Waals surface area contributed by atoms with E-state index in [1.165, 1.54) is 6.20 Å². The van der Waals surface area contributed by atoms with Gasteiger partial charge in [0.25, 0.3) is 0 Å². The molecule has 2 aromatic rings. The number of anilines is 1. The number of aromatic nitrogens is 1. The number of carbonyl (C=O) groups is 1. The first-order valence-corrected chi connectivity index (χ1v) is 9.35. The highest BCUT2D eigenvalue weighted by Gasteiger charge is 2.28. The first-order valence-electron chi connectivity index (χ1n) is 9.35. The van der Waals surface area contributed by atoms with Crippen LogP contribution in [0.2, 0.25) is 0 Å². The zero-order valence-corrected chi connectivity index (χ0v) is 15.6. The minimum Gasteiger partial charge on any atom is -0.477 e. The number of aromatic carboxylic acids is 1. The molecule has 2 heterocycles. The van der Waals surface area contributed by atoms with E-state index in [0.717, 1.165) is 25.2 Å². The summed E-state index contributed by atoms with van der Waals surface area (Å²) in [6, 6.07) is 2.90. The van der Waals surface area contributed by atoms with Gasteiger partial charge in [-0.2, -0.15) is 0 Å². The number of rotatable bonds is 3. The minimum absolute atomic E-state index is 0.0647. The summed E-state index contributed by atoms with van der Waals surface area (Å²) in [6.07, 6.45) is 4.23. The monoisotopic (exact) mass is 400 g/mol. The molecule has 1 aliphatic carbocycles. The van der Waals surface area contributed by atoms with Crippen LogP contribution in [0.3, 0.4) is 0 Å². The molecule has 29 heavy (non-hydrogen) atoms. The normalized spacial score (nSPS) is 17.3. The van der Waals surface area contributed by atoms with Crippen LogP contribution in [0.25, 0.3) is 10.9 Å². The fraction of sp³-hybridized carbons (Fsp3) is 0.368. The third-order valence-corrected chi connectivity index (χ3v) is 5.39. The van der Waals surface area contributed by atoms with E-state index in [0.29, 0.717) is 37.4 Å². The number of nitrogens with zero attached hydrogens (tertiary/aromatic N) is 4. The largest absolute Gasteiger partial charge is 0.477 e. The SMILES string of the molecule is N=C(N=CN)N1CCN(c2cc3c(cc2F)c(=O)c(C(=O)O)cn3C2CC2)CC1. The van der Waals surface area contributed by atoms with Crippen LogP contribution in [0, 0.1) is 11.2 Å². The van der Waals surface area contributed by atoms with Gasteiger partial charge in [0.1, 0.15) is 11.4 Å². The number of benzene rings is 1. The maximum atomic E-state index is 14.9. The average molecular weight is 400 g/mol. The van der Waals surface area contributed by atoms with Crippen molar-refractivity contribution in [1.82, 2.24) is 9.47 Å². The molecule has 0 radical (unpaired) electrons. The number of hydrogen-bond acceptors (Lipinski definition) is 4. The molecule has 0 spiro atoms. The highest BCUT2D eigenvalue weighted by molar-refractivity contribution is 5.93. The maximum absolute atomic E-state index is 14.9. The number of carboxylic acids is 1. The van der Waals surface area contributed by atoms with Crippen LogP contribution < -0.4 is 16.1 Å². The van der Waals surface area contributed by atoms with Gasteiger partial charge in [-0.05, 0) is 25.0 Å². The molecule has 152 valence electrons. The van der Waals surface area contributed by atoms with E-state index in [9.17, 15) is 19.1 Å². The van der Waals surface area contributed by atoms with Gasteiger partial charge in [-0.15, -0.1) is 0 Å². The molecule has 0 amide bonds. The second kappa shape index (κ2) is 7.19. The lowest BCUT2D eigenvalue weighted by Crippen LogP contribution is -2.48. The van der Waals surface area contributed by atoms with Gasteiger partial charge in [0, 0.05) is 43.8 Å². The van der Waals surface area contributed by atoms with Crippen LogP contribution in [0.4, 0.5) is 10.1 Å². The van der Waals surface area contributed by atoms with Crippen LogP contribution in [0.15, 0.2) is 28.1 Å². The summed E-state index contributed by atoms with van der Waals surface area (Å²) in [7, 11) is 0. The number of piperazine rings is 1. The Morgan fingerprint density at radius 3 is 2.55 bits per heavy atom. The van der Waals surface area contributed by atoms with E-state index in [1.54, 1.807) is 15.5 Å². The third kappa shape index (κ3) is 3.41. The molecule has 0 atom stereocenters. The van der Waals surface area contributed by atoms with Crippen molar-refractivity contribution in [3.05, 3.63) is 39.9 Å². The topological polar surface area (TPSA) is 128 Å². The summed E-state index contributed by atoms with van der Waals surface area (Å²) in [5, 5.41) is 17.2. The van der Waals surface area contributed by atoms with Crippen molar-refractivity contribution in [3.63, 3.8) is 0 Å². The number of carboxylic acid groups (broad SMARTS) is 1. The predicted octanol–water partition coefficient (Wildman–Crippen LogP) is 1.22. The second-order valence-corrected chi connectivity index (χ2v) is 7.21. The van der Waals surface area contributed by atoms with Crippen molar-refractivity contribution in [2.75, 3.05) is 31.1 Å². The number of nitrogens with two attached hydrogens (primary N) is 1. The van der Waals surface area contributed by atoms with Crippen molar-refractivity contribution in [1.29, 1.82) is 5.41 Å². The lowest BCUT2D eigenvalue weighted by atomic mass is 10.1. The van der Waals surface area contributed by atoms with Gasteiger partial charge in [-0.25, -0.2) is 14.2 Å². The third-order valence-electron chi connectivity index (χ3n) is 5.39. The molecule has 1 aliphatic heterocycles. The molecule has 10 heteroatoms. The molecule has 1 saturated heterocycles. The van der Waals surface area contributed by atoms with Gasteiger partial charge in [0.15, 0.2) is 0 Å². The summed E-state index contributed by atoms with van der Waals surface area (Å²) < 4.78 is 16.7. The minimum atomic E-state index is -1.31. The Balaban J connectivity index is 1.72. The molecule has 2 fully saturated rings. The van der Waals surface area contributed by atoms with E-state index in [2.05, 4.69) is 4.99 Å². The van der Waals surface area contributed by atoms with Crippen molar-refractivity contribution >= 4 is 34.9 Å². The Labute approximate surface area is 165 Å². The average Bonchev–Trinajstić information content (AvgIpc) is 3.53. The smallest absolute Gasteiger partial charge is 0.341 e. The number of aliphatic imine (C=N–C) groups is 1. The number of halogens is 1. The van der Waals surface area contributed by atoms with E-state index in [4.69, 9.17) is 11.1 Å². The highest BCUT2D eigenvalue weighted by Crippen LogP contribution is 2.38. The Hall–Kier alpha value is -3.43. The van der Waals surface area contributed by atoms with Crippen LogP contribution in [-0.4, -0.2) is 59.0 Å². The van der Waals surface area contributed by atoms with Crippen molar-refractivity contribution < 1.29 is 14.3 Å². The Kier molecular flexibility index (Phi) is 4.69. The Bertz CT molecular complexity index is 1080. The van der Waals surface area contributed by atoms with Gasteiger partial charge in [-0.1, -0.05) is 0 Å². The maximum Gasteiger partial charge on any atom is 0.341 e. The molecule has 1 aromatic carbocycles. The number of pyridine rings is 1. The van der Waals surface area contributed by atoms with Gasteiger partial charge in [0.05, 0.1) is 17.5 Å². The molecule has 1 aromatic heterocycles. The first kappa shape index (κ1) is 18.9. The standard InChI is InChI=1S/C19H21FN6O3/c20-14-7-12-15(26(11-1-2-11)9-13(17(12)27)18(28)29)8-16(14)24-3-5-25(6-4-24)19(22)23-10-21/h7-11H,1-6H2,(H,28,29)(H3,21,22,23). The molecule has 0 unspecified atom stereocenters. The predicted molar refractivity (Wildman–Crippen MR) is 108 cm³/mol. The van der Waals surface area contributed by atoms with Gasteiger partial charge in [-0.3, -0.25) is 10.2 Å². The fourth-order valence-electron chi connectivity index (χ4n) is 3.72. The van der Waals surface area contributed by atoms with Crippen LogP contribution in [0.5, 0.6) is 0 Å². The van der Waals surface area contributed by atoms with Gasteiger partial charge >= 0.3 is 5.97 Å². The lowest BCUT2D eigenvalue weighted by molar-refractivity contribution is 0.0695. The molecule has 4 N–H and O–H groups in total. The summed E-state index contributed by atoms with van der Waals surface area (Å²) in [6.45, 7) is 1.93. The lowest BCUT2D eigenvalue weighted by Gasteiger charge is -2.36. The van der Waals surface area contributed by atoms with Crippen molar-refractivity contribution in [2.24, 2.45) is 10.7 Å². The molecular weight excluding hydrogens is 379 g/mol. The molecular formula is C19H21FN6O3. The van der Waals surface area contributed by atoms with Gasteiger partial charge in [0.2, 0.25) is 11.4 Å².